The lowest BCUT2D eigenvalue weighted by atomic mass is 9.96. The van der Waals surface area contributed by atoms with Gasteiger partial charge >= 0.3 is 0 Å². The van der Waals surface area contributed by atoms with Crippen LogP contribution in [0.2, 0.25) is 0 Å². The van der Waals surface area contributed by atoms with Gasteiger partial charge in [0, 0.05) is 26.2 Å². The molecular formula is C21H26N2O3S. The quantitative estimate of drug-likeness (QED) is 0.789. The molecule has 6 heteroatoms. The topological polar surface area (TPSA) is 57.7 Å². The molecule has 1 unspecified atom stereocenters. The molecule has 0 radical (unpaired) electrons. The van der Waals surface area contributed by atoms with E-state index in [1.807, 2.05) is 44.2 Å². The molecule has 1 heterocycles. The highest BCUT2D eigenvalue weighted by atomic mass is 32.2. The van der Waals surface area contributed by atoms with Gasteiger partial charge in [0.15, 0.2) is 0 Å². The molecule has 5 nitrogen and oxygen atoms in total. The van der Waals surface area contributed by atoms with Crippen molar-refractivity contribution in [3.63, 3.8) is 0 Å². The van der Waals surface area contributed by atoms with Crippen molar-refractivity contribution in [1.29, 1.82) is 0 Å². The van der Waals surface area contributed by atoms with Gasteiger partial charge in [-0.15, -0.1) is 0 Å². The van der Waals surface area contributed by atoms with Gasteiger partial charge in [-0.2, -0.15) is 4.31 Å². The van der Waals surface area contributed by atoms with Crippen molar-refractivity contribution >= 4 is 21.6 Å². The summed E-state index contributed by atoms with van der Waals surface area (Å²) in [6, 6.07) is 14.5. The third-order valence-electron chi connectivity index (χ3n) is 5.17. The lowest BCUT2D eigenvalue weighted by molar-refractivity contribution is -0.116. The molecule has 0 bridgehead atoms. The molecule has 1 aliphatic rings. The van der Waals surface area contributed by atoms with E-state index in [0.717, 1.165) is 16.8 Å². The van der Waals surface area contributed by atoms with Gasteiger partial charge in [0.05, 0.1) is 10.9 Å². The van der Waals surface area contributed by atoms with Gasteiger partial charge in [0.2, 0.25) is 15.9 Å². The minimum Gasteiger partial charge on any atom is -0.312 e. The SMILES string of the molecule is CC(=O)N1CCc2cc(S(=O)(=O)N(C)C(c3ccccc3)C(C)C)ccc21. The Morgan fingerprint density at radius 3 is 2.37 bits per heavy atom. The maximum Gasteiger partial charge on any atom is 0.243 e. The Kier molecular flexibility index (Phi) is 5.40. The standard InChI is InChI=1S/C21H26N2O3S/c1-15(2)21(17-8-6-5-7-9-17)22(4)27(25,26)19-10-11-20-18(14-19)12-13-23(20)16(3)24/h5-11,14-15,21H,12-13H2,1-4H3. The lowest BCUT2D eigenvalue weighted by Gasteiger charge is -2.31. The Hall–Kier alpha value is -2.18. The first-order valence-electron chi connectivity index (χ1n) is 9.17. The van der Waals surface area contributed by atoms with E-state index >= 15 is 0 Å². The molecule has 144 valence electrons. The smallest absolute Gasteiger partial charge is 0.243 e. The minimum atomic E-state index is -3.66. The number of anilines is 1. The molecule has 0 saturated carbocycles. The summed E-state index contributed by atoms with van der Waals surface area (Å²) in [4.78, 5) is 13.7. The highest BCUT2D eigenvalue weighted by Gasteiger charge is 2.32. The fourth-order valence-corrected chi connectivity index (χ4v) is 5.37. The van der Waals surface area contributed by atoms with E-state index in [-0.39, 0.29) is 22.8 Å². The number of carbonyl (C=O) groups excluding carboxylic acids is 1. The van der Waals surface area contributed by atoms with Crippen LogP contribution in [-0.2, 0) is 21.2 Å². The van der Waals surface area contributed by atoms with E-state index in [4.69, 9.17) is 0 Å². The third-order valence-corrected chi connectivity index (χ3v) is 7.00. The molecule has 3 rings (SSSR count). The van der Waals surface area contributed by atoms with Crippen LogP contribution in [0.3, 0.4) is 0 Å². The van der Waals surface area contributed by atoms with Crippen LogP contribution >= 0.6 is 0 Å². The Bertz CT molecular complexity index is 939. The van der Waals surface area contributed by atoms with Gasteiger partial charge in [-0.05, 0) is 41.7 Å². The van der Waals surface area contributed by atoms with Crippen LogP contribution in [0.25, 0.3) is 0 Å². The van der Waals surface area contributed by atoms with E-state index in [0.29, 0.717) is 13.0 Å². The molecule has 0 aliphatic carbocycles. The monoisotopic (exact) mass is 386 g/mol. The number of rotatable bonds is 5. The van der Waals surface area contributed by atoms with Gasteiger partial charge in [0.25, 0.3) is 0 Å². The van der Waals surface area contributed by atoms with E-state index in [2.05, 4.69) is 0 Å². The van der Waals surface area contributed by atoms with Gasteiger partial charge in [0.1, 0.15) is 0 Å². The second kappa shape index (κ2) is 7.44. The first-order valence-corrected chi connectivity index (χ1v) is 10.6. The predicted octanol–water partition coefficient (Wildman–Crippen LogP) is 3.61. The molecule has 2 aromatic carbocycles. The predicted molar refractivity (Wildman–Crippen MR) is 107 cm³/mol. The number of sulfonamides is 1. The summed E-state index contributed by atoms with van der Waals surface area (Å²) in [5.41, 5.74) is 2.69. The lowest BCUT2D eigenvalue weighted by Crippen LogP contribution is -2.34. The fourth-order valence-electron chi connectivity index (χ4n) is 3.85. The fraction of sp³-hybridized carbons (Fsp3) is 0.381. The molecule has 0 spiro atoms. The van der Waals surface area contributed by atoms with Gasteiger partial charge in [-0.25, -0.2) is 8.42 Å². The van der Waals surface area contributed by atoms with Gasteiger partial charge in [-0.3, -0.25) is 4.79 Å². The number of hydrogen-bond donors (Lipinski definition) is 0. The maximum absolute atomic E-state index is 13.3. The van der Waals surface area contributed by atoms with Crippen molar-refractivity contribution < 1.29 is 13.2 Å². The zero-order chi connectivity index (χ0) is 19.8. The number of benzene rings is 2. The van der Waals surface area contributed by atoms with E-state index < -0.39 is 10.0 Å². The number of nitrogens with zero attached hydrogens (tertiary/aromatic N) is 2. The van der Waals surface area contributed by atoms with Crippen LogP contribution in [0.4, 0.5) is 5.69 Å². The number of carbonyl (C=O) groups is 1. The van der Waals surface area contributed by atoms with Crippen LogP contribution in [0.5, 0.6) is 0 Å². The number of fused-ring (bicyclic) bond motifs is 1. The molecule has 1 amide bonds. The van der Waals surface area contributed by atoms with Crippen LogP contribution < -0.4 is 4.90 Å². The molecule has 1 atom stereocenters. The normalized spacial score (nSPS) is 15.3. The van der Waals surface area contributed by atoms with Crippen molar-refractivity contribution in [1.82, 2.24) is 4.31 Å². The highest BCUT2D eigenvalue weighted by molar-refractivity contribution is 7.89. The van der Waals surface area contributed by atoms with Crippen molar-refractivity contribution in [3.05, 3.63) is 59.7 Å². The van der Waals surface area contributed by atoms with Crippen LogP contribution in [0.15, 0.2) is 53.4 Å². The first-order chi connectivity index (χ1) is 12.7. The summed E-state index contributed by atoms with van der Waals surface area (Å²) in [5, 5.41) is 0. The first kappa shape index (κ1) is 19.6. The molecule has 0 aromatic heterocycles. The molecule has 0 N–H and O–H groups in total. The summed E-state index contributed by atoms with van der Waals surface area (Å²) >= 11 is 0. The largest absolute Gasteiger partial charge is 0.312 e. The summed E-state index contributed by atoms with van der Waals surface area (Å²) in [6.45, 7) is 6.18. The van der Waals surface area contributed by atoms with Crippen molar-refractivity contribution in [2.45, 2.75) is 38.1 Å². The summed E-state index contributed by atoms with van der Waals surface area (Å²) in [5.74, 6) is 0.0974. The van der Waals surface area contributed by atoms with Crippen molar-refractivity contribution in [2.24, 2.45) is 5.92 Å². The van der Waals surface area contributed by atoms with Crippen molar-refractivity contribution in [3.8, 4) is 0 Å². The zero-order valence-corrected chi connectivity index (χ0v) is 17.0. The van der Waals surface area contributed by atoms with Crippen LogP contribution in [0, 0.1) is 5.92 Å². The average Bonchev–Trinajstić information content (AvgIpc) is 3.05. The Morgan fingerprint density at radius 2 is 1.78 bits per heavy atom. The van der Waals surface area contributed by atoms with Gasteiger partial charge < -0.3 is 4.90 Å². The van der Waals surface area contributed by atoms with E-state index in [1.54, 1.807) is 30.1 Å². The van der Waals surface area contributed by atoms with E-state index in [1.165, 1.54) is 11.2 Å². The molecule has 0 saturated heterocycles. The average molecular weight is 387 g/mol. The summed E-state index contributed by atoms with van der Waals surface area (Å²) < 4.78 is 28.1. The summed E-state index contributed by atoms with van der Waals surface area (Å²) in [7, 11) is -2.02. The summed E-state index contributed by atoms with van der Waals surface area (Å²) in [6.07, 6.45) is 0.675. The molecule has 27 heavy (non-hydrogen) atoms. The third kappa shape index (κ3) is 3.64. The molecular weight excluding hydrogens is 360 g/mol. The Labute approximate surface area is 161 Å². The van der Waals surface area contributed by atoms with E-state index in [9.17, 15) is 13.2 Å². The Balaban J connectivity index is 1.97. The van der Waals surface area contributed by atoms with Crippen molar-refractivity contribution in [2.75, 3.05) is 18.5 Å². The molecule has 2 aromatic rings. The number of hydrogen-bond acceptors (Lipinski definition) is 3. The van der Waals surface area contributed by atoms with Crippen LogP contribution in [0.1, 0.15) is 37.9 Å². The van der Waals surface area contributed by atoms with Gasteiger partial charge in [-0.1, -0.05) is 44.2 Å². The number of amides is 1. The Morgan fingerprint density at radius 1 is 1.11 bits per heavy atom. The second-order valence-corrected chi connectivity index (χ2v) is 9.33. The second-order valence-electron chi connectivity index (χ2n) is 7.33. The minimum absolute atomic E-state index is 0.0228. The zero-order valence-electron chi connectivity index (χ0n) is 16.2. The van der Waals surface area contributed by atoms with Crippen LogP contribution in [-0.4, -0.2) is 32.2 Å². The molecule has 0 fully saturated rings. The highest BCUT2D eigenvalue weighted by Crippen LogP contribution is 2.35. The molecule has 1 aliphatic heterocycles. The maximum atomic E-state index is 13.3.